The molecule has 3 nitrogen and oxygen atoms in total. The van der Waals surface area contributed by atoms with Gasteiger partial charge in [0, 0.05) is 5.56 Å². The lowest BCUT2D eigenvalue weighted by molar-refractivity contribution is 0.0915. The van der Waals surface area contributed by atoms with E-state index in [0.29, 0.717) is 16.3 Å². The molecule has 0 fully saturated rings. The Balaban J connectivity index is 2.17. The number of carbonyl (C=O) groups is 1. The van der Waals surface area contributed by atoms with E-state index >= 15 is 0 Å². The van der Waals surface area contributed by atoms with Crippen LogP contribution < -0.4 is 10.1 Å². The van der Waals surface area contributed by atoms with Crippen LogP contribution in [0.2, 0.25) is 5.02 Å². The van der Waals surface area contributed by atoms with Gasteiger partial charge in [-0.05, 0) is 31.0 Å². The van der Waals surface area contributed by atoms with Gasteiger partial charge < -0.3 is 10.1 Å². The van der Waals surface area contributed by atoms with E-state index in [1.54, 1.807) is 25.3 Å². The van der Waals surface area contributed by atoms with Crippen LogP contribution >= 0.6 is 11.6 Å². The summed E-state index contributed by atoms with van der Waals surface area (Å²) in [4.78, 5) is 12.4. The fraction of sp³-hybridized carbons (Fsp3) is 0.312. The number of benzene rings is 1. The third-order valence-electron chi connectivity index (χ3n) is 3.55. The van der Waals surface area contributed by atoms with Gasteiger partial charge in [-0.15, -0.1) is 0 Å². The van der Waals surface area contributed by atoms with Gasteiger partial charge in [0.25, 0.3) is 5.91 Å². The zero-order chi connectivity index (χ0) is 14.6. The molecule has 1 aliphatic rings. The standard InChI is InChI=1S/C16H18ClNO2/c1-3-16(9-5-4-6-10-16)18-15(19)12-7-8-14(20-2)13(17)11-12/h4-9,11H,3,10H2,1-2H3,(H,18,19)/t16-/m0/s1. The molecule has 0 spiro atoms. The largest absolute Gasteiger partial charge is 0.495 e. The van der Waals surface area contributed by atoms with Crippen molar-refractivity contribution in [3.8, 4) is 5.75 Å². The summed E-state index contributed by atoms with van der Waals surface area (Å²) in [6.07, 6.45) is 9.69. The van der Waals surface area contributed by atoms with E-state index in [9.17, 15) is 4.79 Å². The molecule has 0 heterocycles. The maximum absolute atomic E-state index is 12.4. The summed E-state index contributed by atoms with van der Waals surface area (Å²) in [5.41, 5.74) is 0.227. The second-order valence-corrected chi connectivity index (χ2v) is 5.21. The Morgan fingerprint density at radius 3 is 2.80 bits per heavy atom. The zero-order valence-corrected chi connectivity index (χ0v) is 12.4. The number of ether oxygens (including phenoxy) is 1. The minimum Gasteiger partial charge on any atom is -0.495 e. The molecule has 1 aliphatic carbocycles. The molecule has 0 bridgehead atoms. The van der Waals surface area contributed by atoms with E-state index < -0.39 is 0 Å². The molecule has 0 saturated carbocycles. The first-order valence-electron chi connectivity index (χ1n) is 6.60. The number of allylic oxidation sites excluding steroid dienone is 2. The minimum atomic E-state index is -0.307. The Bertz CT molecular complexity index is 566. The lowest BCUT2D eigenvalue weighted by Gasteiger charge is -2.31. The van der Waals surface area contributed by atoms with Crippen LogP contribution in [0.25, 0.3) is 0 Å². The zero-order valence-electron chi connectivity index (χ0n) is 11.7. The summed E-state index contributed by atoms with van der Waals surface area (Å²) >= 11 is 6.05. The molecule has 1 atom stereocenters. The third kappa shape index (κ3) is 3.05. The van der Waals surface area contributed by atoms with Crippen LogP contribution in [0.4, 0.5) is 0 Å². The fourth-order valence-corrected chi connectivity index (χ4v) is 2.47. The number of hydrogen-bond donors (Lipinski definition) is 1. The normalized spacial score (nSPS) is 20.8. The molecule has 0 aliphatic heterocycles. The van der Waals surface area contributed by atoms with Crippen LogP contribution in [0.3, 0.4) is 0 Å². The van der Waals surface area contributed by atoms with Crippen molar-refractivity contribution in [2.45, 2.75) is 25.3 Å². The van der Waals surface area contributed by atoms with Crippen LogP contribution in [0, 0.1) is 0 Å². The maximum atomic E-state index is 12.4. The Morgan fingerprint density at radius 2 is 2.25 bits per heavy atom. The van der Waals surface area contributed by atoms with Crippen molar-refractivity contribution in [1.29, 1.82) is 0 Å². The van der Waals surface area contributed by atoms with Gasteiger partial charge in [-0.2, -0.15) is 0 Å². The summed E-state index contributed by atoms with van der Waals surface area (Å²) in [6.45, 7) is 2.06. The quantitative estimate of drug-likeness (QED) is 0.917. The Kier molecular flexibility index (Phi) is 4.50. The van der Waals surface area contributed by atoms with Crippen molar-refractivity contribution in [1.82, 2.24) is 5.32 Å². The first-order valence-corrected chi connectivity index (χ1v) is 6.98. The number of methoxy groups -OCH3 is 1. The highest BCUT2D eigenvalue weighted by molar-refractivity contribution is 6.32. The topological polar surface area (TPSA) is 38.3 Å². The summed E-state index contributed by atoms with van der Waals surface area (Å²) in [7, 11) is 1.55. The minimum absolute atomic E-state index is 0.128. The first-order chi connectivity index (χ1) is 9.60. The molecule has 0 radical (unpaired) electrons. The highest BCUT2D eigenvalue weighted by atomic mass is 35.5. The van der Waals surface area contributed by atoms with Crippen LogP contribution in [0.15, 0.2) is 42.5 Å². The molecule has 1 amide bonds. The maximum Gasteiger partial charge on any atom is 0.252 e. The van der Waals surface area contributed by atoms with E-state index in [1.165, 1.54) is 0 Å². The third-order valence-corrected chi connectivity index (χ3v) is 3.85. The summed E-state index contributed by atoms with van der Waals surface area (Å²) in [5.74, 6) is 0.435. The van der Waals surface area contributed by atoms with Gasteiger partial charge in [0.2, 0.25) is 0 Å². The predicted molar refractivity (Wildman–Crippen MR) is 81.4 cm³/mol. The van der Waals surface area contributed by atoms with Crippen molar-refractivity contribution >= 4 is 17.5 Å². The molecule has 0 saturated heterocycles. The van der Waals surface area contributed by atoms with Gasteiger partial charge in [-0.1, -0.05) is 42.8 Å². The number of halogens is 1. The van der Waals surface area contributed by atoms with E-state index in [4.69, 9.17) is 16.3 Å². The van der Waals surface area contributed by atoms with Crippen molar-refractivity contribution in [3.05, 3.63) is 53.1 Å². The van der Waals surface area contributed by atoms with E-state index in [0.717, 1.165) is 12.8 Å². The lowest BCUT2D eigenvalue weighted by Crippen LogP contribution is -2.46. The molecule has 106 valence electrons. The van der Waals surface area contributed by atoms with Crippen molar-refractivity contribution < 1.29 is 9.53 Å². The molecule has 2 rings (SSSR count). The monoisotopic (exact) mass is 291 g/mol. The van der Waals surface area contributed by atoms with Crippen LogP contribution in [-0.4, -0.2) is 18.6 Å². The first kappa shape index (κ1) is 14.7. The summed E-state index contributed by atoms with van der Waals surface area (Å²) in [6, 6.07) is 5.04. The molecule has 0 aromatic heterocycles. The summed E-state index contributed by atoms with van der Waals surface area (Å²) < 4.78 is 5.09. The van der Waals surface area contributed by atoms with Crippen LogP contribution in [0.5, 0.6) is 5.75 Å². The van der Waals surface area contributed by atoms with E-state index in [2.05, 4.69) is 18.3 Å². The van der Waals surface area contributed by atoms with Gasteiger partial charge in [-0.25, -0.2) is 0 Å². The number of amides is 1. The van der Waals surface area contributed by atoms with Gasteiger partial charge in [-0.3, -0.25) is 4.79 Å². The lowest BCUT2D eigenvalue weighted by atomic mass is 9.88. The predicted octanol–water partition coefficient (Wildman–Crippen LogP) is 3.74. The number of nitrogens with one attached hydrogen (secondary N) is 1. The SMILES string of the molecule is CC[C@]1(NC(=O)c2ccc(OC)c(Cl)c2)C=CC=CC1. The Morgan fingerprint density at radius 1 is 1.45 bits per heavy atom. The van der Waals surface area contributed by atoms with Crippen molar-refractivity contribution in [2.24, 2.45) is 0 Å². The second kappa shape index (κ2) is 6.14. The highest BCUT2D eigenvalue weighted by Gasteiger charge is 2.27. The van der Waals surface area contributed by atoms with Crippen LogP contribution in [-0.2, 0) is 0 Å². The van der Waals surface area contributed by atoms with Gasteiger partial charge in [0.05, 0.1) is 17.7 Å². The molecule has 20 heavy (non-hydrogen) atoms. The Labute approximate surface area is 124 Å². The summed E-state index contributed by atoms with van der Waals surface area (Å²) in [5, 5.41) is 3.52. The average molecular weight is 292 g/mol. The molecular weight excluding hydrogens is 274 g/mol. The van der Waals surface area contributed by atoms with Crippen LogP contribution in [0.1, 0.15) is 30.1 Å². The molecule has 1 N–H and O–H groups in total. The highest BCUT2D eigenvalue weighted by Crippen LogP contribution is 2.26. The Hall–Kier alpha value is -1.74. The molecule has 0 unspecified atom stereocenters. The number of hydrogen-bond acceptors (Lipinski definition) is 2. The molecule has 1 aromatic carbocycles. The average Bonchev–Trinajstić information content (AvgIpc) is 2.48. The van der Waals surface area contributed by atoms with Gasteiger partial charge >= 0.3 is 0 Å². The molecule has 4 heteroatoms. The molecular formula is C16H18ClNO2. The fourth-order valence-electron chi connectivity index (χ4n) is 2.21. The smallest absolute Gasteiger partial charge is 0.252 e. The second-order valence-electron chi connectivity index (χ2n) is 4.80. The number of carbonyl (C=O) groups excluding carboxylic acids is 1. The van der Waals surface area contributed by atoms with Gasteiger partial charge in [0.15, 0.2) is 0 Å². The van der Waals surface area contributed by atoms with Crippen molar-refractivity contribution in [2.75, 3.05) is 7.11 Å². The van der Waals surface area contributed by atoms with Gasteiger partial charge in [0.1, 0.15) is 5.75 Å². The number of rotatable bonds is 4. The molecule has 1 aromatic rings. The van der Waals surface area contributed by atoms with E-state index in [1.807, 2.05) is 18.2 Å². The van der Waals surface area contributed by atoms with E-state index in [-0.39, 0.29) is 11.4 Å². The van der Waals surface area contributed by atoms with Crippen molar-refractivity contribution in [3.63, 3.8) is 0 Å².